The molecule has 1 aromatic carbocycles. The van der Waals surface area contributed by atoms with Crippen LogP contribution in [0.2, 0.25) is 0 Å². The van der Waals surface area contributed by atoms with Gasteiger partial charge in [-0.15, -0.1) is 0 Å². The van der Waals surface area contributed by atoms with Crippen molar-refractivity contribution in [2.75, 3.05) is 33.3 Å². The number of amides is 2. The topological polar surface area (TPSA) is 108 Å². The van der Waals surface area contributed by atoms with Crippen LogP contribution in [0.5, 0.6) is 5.75 Å². The molecule has 10 nitrogen and oxygen atoms in total. The number of likely N-dealkylation sites (tertiary alicyclic amines) is 1. The highest BCUT2D eigenvalue weighted by Gasteiger charge is 2.29. The normalized spacial score (nSPS) is 16.7. The Kier molecular flexibility index (Phi) is 8.80. The van der Waals surface area contributed by atoms with Crippen LogP contribution in [0.15, 0.2) is 30.5 Å². The van der Waals surface area contributed by atoms with Gasteiger partial charge in [0.2, 0.25) is 0 Å². The molecule has 0 saturated carbocycles. The fraction of sp³-hybridized carbons (Fsp3) is 0.548. The van der Waals surface area contributed by atoms with E-state index < -0.39 is 17.2 Å². The molecule has 1 aromatic heterocycles. The molecule has 0 spiro atoms. The Bertz CT molecular complexity index is 1330. The second-order valence-corrected chi connectivity index (χ2v) is 12.4. The zero-order chi connectivity index (χ0) is 29.9. The van der Waals surface area contributed by atoms with Gasteiger partial charge in [-0.2, -0.15) is 0 Å². The van der Waals surface area contributed by atoms with Crippen molar-refractivity contribution in [2.24, 2.45) is 0 Å². The zero-order valence-corrected chi connectivity index (χ0v) is 25.1. The van der Waals surface area contributed by atoms with Gasteiger partial charge in [-0.25, -0.2) is 19.4 Å². The van der Waals surface area contributed by atoms with Gasteiger partial charge in [-0.1, -0.05) is 12.1 Å². The quantitative estimate of drug-likeness (QED) is 0.336. The lowest BCUT2D eigenvalue weighted by Gasteiger charge is -2.33. The maximum Gasteiger partial charge on any atom is 0.410 e. The first kappa shape index (κ1) is 30.1. The minimum Gasteiger partial charge on any atom is -0.490 e. The van der Waals surface area contributed by atoms with Crippen LogP contribution >= 0.6 is 0 Å². The molecular formula is C31H41N3O7. The fourth-order valence-electron chi connectivity index (χ4n) is 4.88. The summed E-state index contributed by atoms with van der Waals surface area (Å²) in [5.74, 6) is 0.141. The van der Waals surface area contributed by atoms with Crippen molar-refractivity contribution >= 4 is 34.5 Å². The summed E-state index contributed by atoms with van der Waals surface area (Å²) in [6.07, 6.45) is 4.91. The summed E-state index contributed by atoms with van der Waals surface area (Å²) in [7, 11) is 1.33. The number of pyridine rings is 1. The summed E-state index contributed by atoms with van der Waals surface area (Å²) in [5.41, 5.74) is 1.12. The molecule has 0 atom stereocenters. The van der Waals surface area contributed by atoms with Gasteiger partial charge in [0, 0.05) is 50.6 Å². The Balaban J connectivity index is 1.55. The zero-order valence-electron chi connectivity index (χ0n) is 25.1. The van der Waals surface area contributed by atoms with Crippen LogP contribution in [-0.2, 0) is 14.2 Å². The number of hydrogen-bond donors (Lipinski definition) is 0. The van der Waals surface area contributed by atoms with E-state index >= 15 is 0 Å². The lowest BCUT2D eigenvalue weighted by molar-refractivity contribution is 0.0127. The van der Waals surface area contributed by atoms with E-state index in [-0.39, 0.29) is 24.0 Å². The fourth-order valence-corrected chi connectivity index (χ4v) is 4.88. The number of carbonyl (C=O) groups excluding carboxylic acids is 3. The Hall–Kier alpha value is -3.82. The van der Waals surface area contributed by atoms with Crippen LogP contribution < -0.4 is 4.74 Å². The van der Waals surface area contributed by atoms with Crippen LogP contribution in [0, 0.1) is 0 Å². The molecule has 0 N–H and O–H groups in total. The second-order valence-electron chi connectivity index (χ2n) is 12.4. The lowest BCUT2D eigenvalue weighted by Crippen LogP contribution is -2.44. The van der Waals surface area contributed by atoms with Gasteiger partial charge < -0.3 is 28.7 Å². The average molecular weight is 568 g/mol. The van der Waals surface area contributed by atoms with Crippen molar-refractivity contribution in [3.8, 4) is 5.75 Å². The molecular weight excluding hydrogens is 526 g/mol. The first-order chi connectivity index (χ1) is 19.2. The number of aromatic nitrogens is 1. The molecule has 1 fully saturated rings. The molecule has 0 unspecified atom stereocenters. The molecule has 2 aliphatic heterocycles. The number of esters is 1. The minimum absolute atomic E-state index is 0.0840. The highest BCUT2D eigenvalue weighted by molar-refractivity contribution is 6.01. The first-order valence-electron chi connectivity index (χ1n) is 14.1. The van der Waals surface area contributed by atoms with E-state index in [4.69, 9.17) is 18.9 Å². The number of piperidine rings is 1. The summed E-state index contributed by atoms with van der Waals surface area (Å²) in [5, 5.41) is 1.60. The maximum atomic E-state index is 12.5. The van der Waals surface area contributed by atoms with Crippen LogP contribution in [-0.4, -0.2) is 83.5 Å². The van der Waals surface area contributed by atoms with Gasteiger partial charge >= 0.3 is 18.2 Å². The number of nitrogens with zero attached hydrogens (tertiary/aromatic N) is 3. The van der Waals surface area contributed by atoms with Gasteiger partial charge in [0.25, 0.3) is 0 Å². The van der Waals surface area contributed by atoms with E-state index in [1.807, 2.05) is 59.8 Å². The molecule has 0 aliphatic carbocycles. The molecule has 41 heavy (non-hydrogen) atoms. The van der Waals surface area contributed by atoms with Crippen molar-refractivity contribution in [1.82, 2.24) is 14.8 Å². The van der Waals surface area contributed by atoms with Crippen LogP contribution in [0.1, 0.15) is 76.9 Å². The van der Waals surface area contributed by atoms with Gasteiger partial charge in [0.05, 0.1) is 7.11 Å². The Morgan fingerprint density at radius 3 is 2.07 bits per heavy atom. The highest BCUT2D eigenvalue weighted by Crippen LogP contribution is 2.36. The van der Waals surface area contributed by atoms with Gasteiger partial charge in [-0.05, 0) is 76.6 Å². The van der Waals surface area contributed by atoms with E-state index in [2.05, 4.69) is 4.98 Å². The third-order valence-corrected chi connectivity index (χ3v) is 6.85. The predicted octanol–water partition coefficient (Wildman–Crippen LogP) is 5.82. The Morgan fingerprint density at radius 2 is 1.51 bits per heavy atom. The van der Waals surface area contributed by atoms with Gasteiger partial charge in [0.15, 0.2) is 0 Å². The van der Waals surface area contributed by atoms with Crippen molar-refractivity contribution in [3.05, 3.63) is 41.7 Å². The third kappa shape index (κ3) is 7.68. The Labute approximate surface area is 241 Å². The molecule has 2 amide bonds. The molecule has 4 rings (SSSR count). The van der Waals surface area contributed by atoms with Crippen LogP contribution in [0.4, 0.5) is 9.59 Å². The summed E-state index contributed by atoms with van der Waals surface area (Å²) in [4.78, 5) is 45.1. The van der Waals surface area contributed by atoms with E-state index in [9.17, 15) is 14.4 Å². The summed E-state index contributed by atoms with van der Waals surface area (Å²) in [6, 6.07) is 5.65. The van der Waals surface area contributed by atoms with Crippen molar-refractivity contribution < 1.29 is 33.3 Å². The number of hydrogen-bond acceptors (Lipinski definition) is 8. The monoisotopic (exact) mass is 567 g/mol. The van der Waals surface area contributed by atoms with Crippen molar-refractivity contribution in [3.63, 3.8) is 0 Å². The molecule has 10 heteroatoms. The van der Waals surface area contributed by atoms with Crippen molar-refractivity contribution in [1.29, 1.82) is 0 Å². The summed E-state index contributed by atoms with van der Waals surface area (Å²) < 4.78 is 22.4. The summed E-state index contributed by atoms with van der Waals surface area (Å²) in [6.45, 7) is 13.2. The van der Waals surface area contributed by atoms with Crippen molar-refractivity contribution in [2.45, 2.75) is 78.1 Å². The van der Waals surface area contributed by atoms with E-state index in [0.29, 0.717) is 51.2 Å². The van der Waals surface area contributed by atoms with Crippen LogP contribution in [0.3, 0.4) is 0 Å². The minimum atomic E-state index is -0.559. The average Bonchev–Trinajstić information content (AvgIpc) is 2.91. The highest BCUT2D eigenvalue weighted by atomic mass is 16.6. The standard InChI is InChI=1S/C31H41N3O7/c1-30(2,3)40-28(36)33-14-10-20(11-15-33)22-8-9-26(24-19-32-25(18-23(22)24)27(35)38-7)39-21-12-16-34(17-13-21)29(37)41-31(4,5)6/h8-10,18-19,21H,11-17H2,1-7H3. The van der Waals surface area contributed by atoms with E-state index in [1.165, 1.54) is 7.11 Å². The number of fused-ring (bicyclic) bond motifs is 1. The molecule has 0 bridgehead atoms. The molecule has 222 valence electrons. The number of rotatable bonds is 4. The number of benzene rings is 1. The van der Waals surface area contributed by atoms with E-state index in [0.717, 1.165) is 21.9 Å². The molecule has 3 heterocycles. The molecule has 1 saturated heterocycles. The predicted molar refractivity (Wildman–Crippen MR) is 155 cm³/mol. The lowest BCUT2D eigenvalue weighted by atomic mass is 9.94. The largest absolute Gasteiger partial charge is 0.490 e. The van der Waals surface area contributed by atoms with Gasteiger partial charge in [-0.3, -0.25) is 0 Å². The first-order valence-corrected chi connectivity index (χ1v) is 14.1. The number of ether oxygens (including phenoxy) is 4. The second kappa shape index (κ2) is 12.0. The Morgan fingerprint density at radius 1 is 0.878 bits per heavy atom. The smallest absolute Gasteiger partial charge is 0.410 e. The van der Waals surface area contributed by atoms with Gasteiger partial charge in [0.1, 0.15) is 28.7 Å². The molecule has 2 aromatic rings. The third-order valence-electron chi connectivity index (χ3n) is 6.85. The summed E-state index contributed by atoms with van der Waals surface area (Å²) >= 11 is 0. The van der Waals surface area contributed by atoms with E-state index in [1.54, 1.807) is 22.1 Å². The SMILES string of the molecule is COC(=O)c1cc2c(C3=CCN(C(=O)OC(C)(C)C)CC3)ccc(OC3CCN(C(=O)OC(C)(C)C)CC3)c2cn1. The van der Waals surface area contributed by atoms with Crippen LogP contribution in [0.25, 0.3) is 16.3 Å². The number of carbonyl (C=O) groups is 3. The number of methoxy groups -OCH3 is 1. The molecule has 2 aliphatic rings. The maximum absolute atomic E-state index is 12.5. The molecule has 0 radical (unpaired) electrons.